The molecule has 0 heterocycles. The molecule has 0 amide bonds. The van der Waals surface area contributed by atoms with Gasteiger partial charge in [0, 0.05) is 6.42 Å². The van der Waals surface area contributed by atoms with E-state index in [4.69, 9.17) is 11.6 Å². The van der Waals surface area contributed by atoms with E-state index < -0.39 is 0 Å². The molecule has 3 heteroatoms. The third-order valence-electron chi connectivity index (χ3n) is 8.00. The summed E-state index contributed by atoms with van der Waals surface area (Å²) in [6, 6.07) is 0. The number of halogens is 1. The highest BCUT2D eigenvalue weighted by molar-refractivity contribution is 6.43. The molecule has 6 atom stereocenters. The van der Waals surface area contributed by atoms with Gasteiger partial charge in [-0.1, -0.05) is 25.4 Å². The van der Waals surface area contributed by atoms with Gasteiger partial charge in [0.25, 0.3) is 0 Å². The van der Waals surface area contributed by atoms with Crippen LogP contribution in [0.1, 0.15) is 65.2 Å². The van der Waals surface area contributed by atoms with Crippen LogP contribution in [0.2, 0.25) is 0 Å². The fraction of sp³-hybridized carbons (Fsp3) is 0.842. The lowest BCUT2D eigenvalue weighted by Crippen LogP contribution is -2.51. The molecule has 0 unspecified atom stereocenters. The van der Waals surface area contributed by atoms with E-state index in [0.29, 0.717) is 29.2 Å². The smallest absolute Gasteiger partial charge is 0.174 e. The summed E-state index contributed by atoms with van der Waals surface area (Å²) in [7, 11) is 0. The maximum Gasteiger partial charge on any atom is 0.174 e. The minimum absolute atomic E-state index is 0.111. The number of aliphatic hydroxyl groups excluding tert-OH is 1. The molecule has 1 N–H and O–H groups in total. The van der Waals surface area contributed by atoms with Crippen LogP contribution >= 0.6 is 11.6 Å². The Morgan fingerprint density at radius 2 is 1.82 bits per heavy atom. The van der Waals surface area contributed by atoms with Gasteiger partial charge in [0.1, 0.15) is 0 Å². The van der Waals surface area contributed by atoms with Crippen LogP contribution in [0.3, 0.4) is 0 Å². The number of aliphatic hydroxyl groups is 1. The van der Waals surface area contributed by atoms with Crippen LogP contribution < -0.4 is 0 Å². The van der Waals surface area contributed by atoms with Gasteiger partial charge in [0.2, 0.25) is 0 Å². The number of carbonyl (C=O) groups is 1. The minimum Gasteiger partial charge on any atom is -0.393 e. The Morgan fingerprint density at radius 1 is 1.05 bits per heavy atom. The molecule has 3 saturated carbocycles. The summed E-state index contributed by atoms with van der Waals surface area (Å²) in [4.78, 5) is 12.0. The number of hydrogen-bond donors (Lipinski definition) is 1. The molecule has 2 nitrogen and oxygen atoms in total. The topological polar surface area (TPSA) is 37.3 Å². The molecular weight excluding hydrogens is 296 g/mol. The zero-order chi connectivity index (χ0) is 15.7. The lowest BCUT2D eigenvalue weighted by Gasteiger charge is -2.57. The summed E-state index contributed by atoms with van der Waals surface area (Å²) < 4.78 is 0. The molecule has 0 radical (unpaired) electrons. The molecule has 4 rings (SSSR count). The standard InChI is InChI=1S/C19H27ClO2/c1-18-10-8-15(21)17(20)14(18)4-3-11-12-5-6-16(22)19(12,2)9-7-13(11)18/h11-13,16,22H,3-10H2,1-2H3/t11-,12-,13-,16+,18+,19+/m0/s1. The first-order chi connectivity index (χ1) is 10.4. The highest BCUT2D eigenvalue weighted by Gasteiger charge is 2.59. The molecule has 22 heavy (non-hydrogen) atoms. The van der Waals surface area contributed by atoms with Crippen molar-refractivity contribution in [3.8, 4) is 0 Å². The molecule has 0 aromatic rings. The second-order valence-electron chi connectivity index (χ2n) is 8.69. The summed E-state index contributed by atoms with van der Waals surface area (Å²) in [5.74, 6) is 2.18. The fourth-order valence-electron chi connectivity index (χ4n) is 6.62. The third-order valence-corrected chi connectivity index (χ3v) is 8.44. The van der Waals surface area contributed by atoms with Crippen LogP contribution in [0.4, 0.5) is 0 Å². The van der Waals surface area contributed by atoms with Gasteiger partial charge in [0.15, 0.2) is 5.78 Å². The number of fused-ring (bicyclic) bond motifs is 5. The normalized spacial score (nSPS) is 51.4. The van der Waals surface area contributed by atoms with Crippen molar-refractivity contribution in [2.24, 2.45) is 28.6 Å². The molecular formula is C19H27ClO2. The van der Waals surface area contributed by atoms with Crippen molar-refractivity contribution in [2.45, 2.75) is 71.3 Å². The van der Waals surface area contributed by atoms with Crippen molar-refractivity contribution >= 4 is 17.4 Å². The van der Waals surface area contributed by atoms with E-state index in [0.717, 1.165) is 32.1 Å². The Bertz CT molecular complexity index is 554. The predicted octanol–water partition coefficient (Wildman–Crippen LogP) is 4.45. The first kappa shape index (κ1) is 15.2. The molecule has 4 aliphatic rings. The first-order valence-electron chi connectivity index (χ1n) is 8.98. The molecule has 0 aromatic heterocycles. The lowest BCUT2D eigenvalue weighted by atomic mass is 9.47. The fourth-order valence-corrected chi connectivity index (χ4v) is 7.03. The highest BCUT2D eigenvalue weighted by Crippen LogP contribution is 2.65. The number of Topliss-reactive ketones (excluding diaryl/α,β-unsaturated/α-hetero) is 1. The second kappa shape index (κ2) is 4.83. The van der Waals surface area contributed by atoms with Gasteiger partial charge in [-0.05, 0) is 79.1 Å². The molecule has 0 aromatic carbocycles. The van der Waals surface area contributed by atoms with E-state index in [1.54, 1.807) is 0 Å². The first-order valence-corrected chi connectivity index (χ1v) is 9.36. The summed E-state index contributed by atoms with van der Waals surface area (Å²) in [5, 5.41) is 11.0. The van der Waals surface area contributed by atoms with E-state index in [-0.39, 0.29) is 22.7 Å². The quantitative estimate of drug-likeness (QED) is 0.715. The summed E-state index contributed by atoms with van der Waals surface area (Å²) >= 11 is 6.41. The molecule has 122 valence electrons. The van der Waals surface area contributed by atoms with Crippen molar-refractivity contribution in [1.82, 2.24) is 0 Å². The van der Waals surface area contributed by atoms with E-state index in [2.05, 4.69) is 13.8 Å². The summed E-state index contributed by atoms with van der Waals surface area (Å²) in [6.45, 7) is 4.68. The summed E-state index contributed by atoms with van der Waals surface area (Å²) in [5.41, 5.74) is 1.52. The van der Waals surface area contributed by atoms with Gasteiger partial charge in [-0.25, -0.2) is 0 Å². The largest absolute Gasteiger partial charge is 0.393 e. The minimum atomic E-state index is -0.111. The van der Waals surface area contributed by atoms with E-state index in [1.165, 1.54) is 18.4 Å². The van der Waals surface area contributed by atoms with Crippen LogP contribution in [0.5, 0.6) is 0 Å². The van der Waals surface area contributed by atoms with E-state index in [9.17, 15) is 9.90 Å². The summed E-state index contributed by atoms with van der Waals surface area (Å²) in [6.07, 6.45) is 8.11. The number of carbonyl (C=O) groups excluding carboxylic acids is 1. The average Bonchev–Trinajstić information content (AvgIpc) is 2.79. The van der Waals surface area contributed by atoms with Crippen molar-refractivity contribution in [1.29, 1.82) is 0 Å². The van der Waals surface area contributed by atoms with Gasteiger partial charge >= 0.3 is 0 Å². The Labute approximate surface area is 138 Å². The van der Waals surface area contributed by atoms with Crippen molar-refractivity contribution in [3.63, 3.8) is 0 Å². The monoisotopic (exact) mass is 322 g/mol. The van der Waals surface area contributed by atoms with Crippen LogP contribution in [-0.2, 0) is 4.79 Å². The van der Waals surface area contributed by atoms with Gasteiger partial charge in [-0.2, -0.15) is 0 Å². The highest BCUT2D eigenvalue weighted by atomic mass is 35.5. The zero-order valence-corrected chi connectivity index (χ0v) is 14.5. The SMILES string of the molecule is C[C@@]12CC[C@H]3[C@@H](CCC4=C(Cl)C(=O)CC[C@@]43C)[C@@H]1CC[C@H]2O. The molecule has 0 aliphatic heterocycles. The Hall–Kier alpha value is -0.340. The van der Waals surface area contributed by atoms with Gasteiger partial charge < -0.3 is 5.11 Å². The van der Waals surface area contributed by atoms with Crippen molar-refractivity contribution < 1.29 is 9.90 Å². The number of hydrogen-bond acceptors (Lipinski definition) is 2. The van der Waals surface area contributed by atoms with Crippen LogP contribution in [0.15, 0.2) is 10.6 Å². The Morgan fingerprint density at radius 3 is 2.59 bits per heavy atom. The average molecular weight is 323 g/mol. The van der Waals surface area contributed by atoms with Crippen molar-refractivity contribution in [2.75, 3.05) is 0 Å². The van der Waals surface area contributed by atoms with Crippen LogP contribution in [-0.4, -0.2) is 17.0 Å². The third kappa shape index (κ3) is 1.80. The van der Waals surface area contributed by atoms with Crippen LogP contribution in [0, 0.1) is 28.6 Å². The van der Waals surface area contributed by atoms with Gasteiger partial charge in [-0.15, -0.1) is 0 Å². The Balaban J connectivity index is 1.72. The molecule has 0 saturated heterocycles. The molecule has 3 fully saturated rings. The van der Waals surface area contributed by atoms with Crippen LogP contribution in [0.25, 0.3) is 0 Å². The van der Waals surface area contributed by atoms with E-state index in [1.807, 2.05) is 0 Å². The van der Waals surface area contributed by atoms with Crippen molar-refractivity contribution in [3.05, 3.63) is 10.6 Å². The number of ketones is 1. The van der Waals surface area contributed by atoms with Gasteiger partial charge in [-0.3, -0.25) is 4.79 Å². The lowest BCUT2D eigenvalue weighted by molar-refractivity contribution is -0.118. The van der Waals surface area contributed by atoms with E-state index >= 15 is 0 Å². The second-order valence-corrected chi connectivity index (χ2v) is 9.06. The number of rotatable bonds is 0. The van der Waals surface area contributed by atoms with Gasteiger partial charge in [0.05, 0.1) is 11.1 Å². The molecule has 4 aliphatic carbocycles. The predicted molar refractivity (Wildman–Crippen MR) is 87.5 cm³/mol. The number of allylic oxidation sites excluding steroid dienone is 1. The maximum absolute atomic E-state index is 12.0. The molecule has 0 spiro atoms. The zero-order valence-electron chi connectivity index (χ0n) is 13.7. The maximum atomic E-state index is 12.0. The Kier molecular flexibility index (Phi) is 3.34. The molecule has 0 bridgehead atoms.